The second-order valence-electron chi connectivity index (χ2n) is 4.41. The highest BCUT2D eigenvalue weighted by Gasteiger charge is 2.38. The lowest BCUT2D eigenvalue weighted by molar-refractivity contribution is 0.793. The first-order valence-electron chi connectivity index (χ1n) is 5.69. The minimum Gasteiger partial charge on any atom is -0.330 e. The lowest BCUT2D eigenvalue weighted by atomic mass is 10.1. The molecular weight excluding hydrogens is 198 g/mol. The topological polar surface area (TPSA) is 54.7 Å². The molecule has 0 bridgehead atoms. The van der Waals surface area contributed by atoms with E-state index < -0.39 is 0 Å². The van der Waals surface area contributed by atoms with Gasteiger partial charge in [0.15, 0.2) is 0 Å². The molecule has 3 N–H and O–H groups in total. The van der Waals surface area contributed by atoms with Crippen LogP contribution in [0.2, 0.25) is 0 Å². The fraction of sp³-hybridized carbons (Fsp3) is 0.308. The van der Waals surface area contributed by atoms with Crippen LogP contribution < -0.4 is 5.73 Å². The highest BCUT2D eigenvalue weighted by molar-refractivity contribution is 5.59. The molecule has 0 aliphatic heterocycles. The van der Waals surface area contributed by atoms with E-state index in [4.69, 9.17) is 5.73 Å². The Morgan fingerprint density at radius 3 is 2.81 bits per heavy atom. The maximum atomic E-state index is 5.65. The molecule has 1 fully saturated rings. The predicted octanol–water partition coefficient (Wildman–Crippen LogP) is 2.14. The van der Waals surface area contributed by atoms with E-state index in [-0.39, 0.29) is 0 Å². The van der Waals surface area contributed by atoms with E-state index in [1.165, 1.54) is 12.1 Å². The van der Waals surface area contributed by atoms with E-state index in [9.17, 15) is 0 Å². The summed E-state index contributed by atoms with van der Waals surface area (Å²) in [6.07, 6.45) is 1.20. The van der Waals surface area contributed by atoms with Crippen molar-refractivity contribution in [1.29, 1.82) is 0 Å². The molecule has 1 aliphatic carbocycles. The van der Waals surface area contributed by atoms with Gasteiger partial charge in [0, 0.05) is 17.2 Å². The summed E-state index contributed by atoms with van der Waals surface area (Å²) in [5.74, 6) is 1.26. The van der Waals surface area contributed by atoms with E-state index in [0.29, 0.717) is 11.8 Å². The Balaban J connectivity index is 1.84. The Morgan fingerprint density at radius 1 is 1.31 bits per heavy atom. The van der Waals surface area contributed by atoms with Crippen LogP contribution in [0.15, 0.2) is 36.4 Å². The lowest BCUT2D eigenvalue weighted by Gasteiger charge is -1.93. The van der Waals surface area contributed by atoms with Crippen molar-refractivity contribution >= 4 is 0 Å². The van der Waals surface area contributed by atoms with Crippen LogP contribution >= 0.6 is 0 Å². The van der Waals surface area contributed by atoms with Gasteiger partial charge in [0.1, 0.15) is 0 Å². The Labute approximate surface area is 94.7 Å². The summed E-state index contributed by atoms with van der Waals surface area (Å²) in [4.78, 5) is 0. The molecule has 0 radical (unpaired) electrons. The third kappa shape index (κ3) is 1.63. The van der Waals surface area contributed by atoms with Crippen LogP contribution in [-0.4, -0.2) is 16.7 Å². The molecule has 0 saturated heterocycles. The Hall–Kier alpha value is -1.61. The van der Waals surface area contributed by atoms with Crippen LogP contribution in [0.3, 0.4) is 0 Å². The molecule has 2 unspecified atom stereocenters. The molecule has 3 rings (SSSR count). The zero-order valence-electron chi connectivity index (χ0n) is 9.06. The molecular formula is C13H15N3. The lowest BCUT2D eigenvalue weighted by Crippen LogP contribution is -2.01. The summed E-state index contributed by atoms with van der Waals surface area (Å²) in [5.41, 5.74) is 9.06. The Morgan fingerprint density at radius 2 is 2.12 bits per heavy atom. The molecule has 3 nitrogen and oxygen atoms in total. The van der Waals surface area contributed by atoms with Crippen LogP contribution in [0.5, 0.6) is 0 Å². The van der Waals surface area contributed by atoms with Gasteiger partial charge < -0.3 is 5.73 Å². The van der Waals surface area contributed by atoms with Gasteiger partial charge in [-0.2, -0.15) is 5.10 Å². The number of H-pyrrole nitrogens is 1. The summed E-state index contributed by atoms with van der Waals surface area (Å²) in [6, 6.07) is 12.4. The van der Waals surface area contributed by atoms with Crippen LogP contribution in [0.25, 0.3) is 11.3 Å². The smallest absolute Gasteiger partial charge is 0.0923 e. The van der Waals surface area contributed by atoms with Gasteiger partial charge in [-0.3, -0.25) is 5.10 Å². The summed E-state index contributed by atoms with van der Waals surface area (Å²) in [5, 5.41) is 7.48. The molecule has 16 heavy (non-hydrogen) atoms. The third-order valence-electron chi connectivity index (χ3n) is 3.29. The molecule has 2 aromatic rings. The maximum Gasteiger partial charge on any atom is 0.0923 e. The average Bonchev–Trinajstić information content (AvgIpc) is 2.98. The van der Waals surface area contributed by atoms with Crippen molar-refractivity contribution in [2.75, 3.05) is 6.54 Å². The zero-order valence-corrected chi connectivity index (χ0v) is 9.06. The van der Waals surface area contributed by atoms with Crippen LogP contribution in [0.4, 0.5) is 0 Å². The first-order chi connectivity index (χ1) is 7.88. The number of nitrogens with two attached hydrogens (primary N) is 1. The zero-order chi connectivity index (χ0) is 11.0. The summed E-state index contributed by atoms with van der Waals surface area (Å²) >= 11 is 0. The molecule has 2 atom stereocenters. The van der Waals surface area contributed by atoms with Crippen LogP contribution in [-0.2, 0) is 0 Å². The van der Waals surface area contributed by atoms with Crippen molar-refractivity contribution in [3.05, 3.63) is 42.1 Å². The molecule has 1 aromatic heterocycles. The molecule has 0 amide bonds. The molecule has 3 heteroatoms. The highest BCUT2D eigenvalue weighted by Crippen LogP contribution is 2.46. The van der Waals surface area contributed by atoms with Crippen LogP contribution in [0, 0.1) is 5.92 Å². The number of nitrogens with zero attached hydrogens (tertiary/aromatic N) is 1. The fourth-order valence-corrected chi connectivity index (χ4v) is 2.17. The number of rotatable bonds is 3. The first-order valence-corrected chi connectivity index (χ1v) is 5.69. The van der Waals surface area contributed by atoms with Gasteiger partial charge in [0.2, 0.25) is 0 Å². The Kier molecular flexibility index (Phi) is 2.26. The minimum absolute atomic E-state index is 0.606. The van der Waals surface area contributed by atoms with E-state index >= 15 is 0 Å². The van der Waals surface area contributed by atoms with Crippen molar-refractivity contribution in [1.82, 2.24) is 10.2 Å². The summed E-state index contributed by atoms with van der Waals surface area (Å²) in [6.45, 7) is 0.782. The van der Waals surface area contributed by atoms with Crippen LogP contribution in [0.1, 0.15) is 18.0 Å². The van der Waals surface area contributed by atoms with Gasteiger partial charge in [0.05, 0.1) is 5.69 Å². The number of aromatic amines is 1. The molecule has 1 heterocycles. The van der Waals surface area contributed by atoms with Crippen molar-refractivity contribution < 1.29 is 0 Å². The van der Waals surface area contributed by atoms with Gasteiger partial charge in [-0.15, -0.1) is 0 Å². The standard InChI is InChI=1S/C13H15N3/c14-8-10-6-11(10)13-7-12(15-16-13)9-4-2-1-3-5-9/h1-5,7,10-11H,6,8,14H2,(H,15,16). The second-order valence-corrected chi connectivity index (χ2v) is 4.41. The largest absolute Gasteiger partial charge is 0.330 e. The number of hydrogen-bond donors (Lipinski definition) is 2. The number of hydrogen-bond acceptors (Lipinski definition) is 2. The number of benzene rings is 1. The first kappa shape index (κ1) is 9.60. The van der Waals surface area contributed by atoms with Crippen molar-refractivity contribution in [2.24, 2.45) is 11.7 Å². The number of aromatic nitrogens is 2. The second kappa shape index (κ2) is 3.76. The summed E-state index contributed by atoms with van der Waals surface area (Å²) < 4.78 is 0. The highest BCUT2D eigenvalue weighted by atomic mass is 15.1. The van der Waals surface area contributed by atoms with E-state index in [1.807, 2.05) is 18.2 Å². The van der Waals surface area contributed by atoms with Gasteiger partial charge in [-0.1, -0.05) is 30.3 Å². The SMILES string of the molecule is NCC1CC1c1cc(-c2ccccc2)n[nH]1. The van der Waals surface area contributed by atoms with E-state index in [0.717, 1.165) is 17.8 Å². The predicted molar refractivity (Wildman–Crippen MR) is 63.9 cm³/mol. The molecule has 1 aromatic carbocycles. The van der Waals surface area contributed by atoms with Gasteiger partial charge in [-0.05, 0) is 24.9 Å². The maximum absolute atomic E-state index is 5.65. The van der Waals surface area contributed by atoms with Crippen molar-refractivity contribution in [2.45, 2.75) is 12.3 Å². The van der Waals surface area contributed by atoms with Gasteiger partial charge >= 0.3 is 0 Å². The normalized spacial score (nSPS) is 23.3. The monoisotopic (exact) mass is 213 g/mol. The van der Waals surface area contributed by atoms with Gasteiger partial charge in [0.25, 0.3) is 0 Å². The fourth-order valence-electron chi connectivity index (χ4n) is 2.17. The molecule has 0 spiro atoms. The average molecular weight is 213 g/mol. The molecule has 1 aliphatic rings. The molecule has 82 valence electrons. The molecule has 1 saturated carbocycles. The van der Waals surface area contributed by atoms with E-state index in [1.54, 1.807) is 0 Å². The third-order valence-corrected chi connectivity index (χ3v) is 3.29. The summed E-state index contributed by atoms with van der Waals surface area (Å²) in [7, 11) is 0. The minimum atomic E-state index is 0.606. The van der Waals surface area contributed by atoms with Crippen molar-refractivity contribution in [3.8, 4) is 11.3 Å². The van der Waals surface area contributed by atoms with Gasteiger partial charge in [-0.25, -0.2) is 0 Å². The van der Waals surface area contributed by atoms with E-state index in [2.05, 4.69) is 28.4 Å². The van der Waals surface area contributed by atoms with Crippen molar-refractivity contribution in [3.63, 3.8) is 0 Å². The Bertz CT molecular complexity index is 475. The quantitative estimate of drug-likeness (QED) is 0.820. The number of nitrogens with one attached hydrogen (secondary N) is 1.